The molecule has 1 aromatic heterocycles. The topological polar surface area (TPSA) is 54.0 Å². The van der Waals surface area contributed by atoms with Gasteiger partial charge in [-0.1, -0.05) is 12.8 Å². The molecule has 1 amide bonds. The summed E-state index contributed by atoms with van der Waals surface area (Å²) in [7, 11) is 0. The first-order chi connectivity index (χ1) is 11.5. The van der Waals surface area contributed by atoms with Crippen LogP contribution in [-0.4, -0.2) is 16.9 Å². The van der Waals surface area contributed by atoms with E-state index in [2.05, 4.69) is 15.6 Å². The van der Waals surface area contributed by atoms with Crippen LogP contribution in [0.3, 0.4) is 0 Å². The zero-order valence-electron chi connectivity index (χ0n) is 12.8. The summed E-state index contributed by atoms with van der Waals surface area (Å²) in [6, 6.07) is 5.13. The molecule has 1 fully saturated rings. The van der Waals surface area contributed by atoms with Gasteiger partial charge in [0.15, 0.2) is 17.5 Å². The molecule has 1 heterocycles. The Morgan fingerprint density at radius 1 is 1.04 bits per heavy atom. The average Bonchev–Trinajstić information content (AvgIpc) is 3.09. The van der Waals surface area contributed by atoms with Crippen molar-refractivity contribution in [3.63, 3.8) is 0 Å². The quantitative estimate of drug-likeness (QED) is 0.833. The van der Waals surface area contributed by atoms with Crippen molar-refractivity contribution in [3.05, 3.63) is 53.6 Å². The van der Waals surface area contributed by atoms with E-state index < -0.39 is 17.5 Å². The van der Waals surface area contributed by atoms with Gasteiger partial charge in [-0.3, -0.25) is 4.79 Å². The summed E-state index contributed by atoms with van der Waals surface area (Å²) in [5.41, 5.74) is 0.398. The number of nitrogens with one attached hydrogen (secondary N) is 2. The van der Waals surface area contributed by atoms with E-state index in [-0.39, 0.29) is 23.3 Å². The van der Waals surface area contributed by atoms with E-state index in [4.69, 9.17) is 0 Å². The van der Waals surface area contributed by atoms with E-state index in [0.717, 1.165) is 37.8 Å². The van der Waals surface area contributed by atoms with Gasteiger partial charge in [-0.15, -0.1) is 0 Å². The van der Waals surface area contributed by atoms with Crippen LogP contribution in [0.5, 0.6) is 0 Å². The predicted molar refractivity (Wildman–Crippen MR) is 83.6 cm³/mol. The number of halogens is 3. The maximum atomic E-state index is 13.6. The summed E-state index contributed by atoms with van der Waals surface area (Å²) >= 11 is 0. The average molecular weight is 335 g/mol. The standard InChI is InChI=1S/C17H16F3N3O/c18-12-6-8-13(16(20)15(12)19)22-11-5-7-14(21-9-11)17(24)23-10-3-1-2-4-10/h5-10,22H,1-4H2,(H,23,24). The Balaban J connectivity index is 1.68. The number of nitrogens with zero attached hydrogens (tertiary/aromatic N) is 1. The highest BCUT2D eigenvalue weighted by Gasteiger charge is 2.18. The number of hydrogen-bond donors (Lipinski definition) is 2. The molecule has 126 valence electrons. The molecule has 0 radical (unpaired) electrons. The van der Waals surface area contributed by atoms with Gasteiger partial charge in [0.25, 0.3) is 5.91 Å². The molecule has 1 aromatic carbocycles. The molecule has 0 aliphatic heterocycles. The third-order valence-electron chi connectivity index (χ3n) is 4.00. The van der Waals surface area contributed by atoms with Gasteiger partial charge in [0, 0.05) is 6.04 Å². The highest BCUT2D eigenvalue weighted by molar-refractivity contribution is 5.92. The van der Waals surface area contributed by atoms with Gasteiger partial charge in [-0.25, -0.2) is 18.2 Å². The smallest absolute Gasteiger partial charge is 0.270 e. The molecule has 0 bridgehead atoms. The minimum atomic E-state index is -1.54. The van der Waals surface area contributed by atoms with E-state index in [1.165, 1.54) is 18.3 Å². The van der Waals surface area contributed by atoms with Crippen LogP contribution in [0.1, 0.15) is 36.2 Å². The van der Waals surface area contributed by atoms with E-state index >= 15 is 0 Å². The third-order valence-corrected chi connectivity index (χ3v) is 4.00. The van der Waals surface area contributed by atoms with Gasteiger partial charge in [-0.05, 0) is 37.1 Å². The number of rotatable bonds is 4. The lowest BCUT2D eigenvalue weighted by Gasteiger charge is -2.12. The summed E-state index contributed by atoms with van der Waals surface area (Å²) in [6.07, 6.45) is 5.51. The Hall–Kier alpha value is -2.57. The second-order valence-corrected chi connectivity index (χ2v) is 5.73. The highest BCUT2D eigenvalue weighted by atomic mass is 19.2. The van der Waals surface area contributed by atoms with Gasteiger partial charge in [0.2, 0.25) is 0 Å². The molecule has 2 N–H and O–H groups in total. The molecule has 4 nitrogen and oxygen atoms in total. The molecule has 2 aromatic rings. The summed E-state index contributed by atoms with van der Waals surface area (Å²) in [4.78, 5) is 16.1. The molecule has 7 heteroatoms. The Morgan fingerprint density at radius 3 is 2.46 bits per heavy atom. The summed E-state index contributed by atoms with van der Waals surface area (Å²) in [5.74, 6) is -4.36. The van der Waals surface area contributed by atoms with Crippen LogP contribution in [-0.2, 0) is 0 Å². The number of amides is 1. The van der Waals surface area contributed by atoms with E-state index in [1.807, 2.05) is 0 Å². The molecule has 0 atom stereocenters. The molecule has 1 aliphatic carbocycles. The third kappa shape index (κ3) is 3.50. The van der Waals surface area contributed by atoms with Crippen molar-refractivity contribution in [2.45, 2.75) is 31.7 Å². The van der Waals surface area contributed by atoms with Crippen molar-refractivity contribution in [2.24, 2.45) is 0 Å². The normalized spacial score (nSPS) is 14.6. The maximum Gasteiger partial charge on any atom is 0.270 e. The highest BCUT2D eigenvalue weighted by Crippen LogP contribution is 2.23. The van der Waals surface area contributed by atoms with Crippen molar-refractivity contribution in [3.8, 4) is 0 Å². The Kier molecular flexibility index (Phi) is 4.69. The van der Waals surface area contributed by atoms with Crippen molar-refractivity contribution >= 4 is 17.3 Å². The van der Waals surface area contributed by atoms with Gasteiger partial charge >= 0.3 is 0 Å². The van der Waals surface area contributed by atoms with Crippen molar-refractivity contribution in [2.75, 3.05) is 5.32 Å². The second-order valence-electron chi connectivity index (χ2n) is 5.73. The Bertz CT molecular complexity index is 743. The lowest BCUT2D eigenvalue weighted by Crippen LogP contribution is -2.33. The number of aromatic nitrogens is 1. The molecular weight excluding hydrogens is 319 g/mol. The monoisotopic (exact) mass is 335 g/mol. The molecule has 0 spiro atoms. The van der Waals surface area contributed by atoms with E-state index in [9.17, 15) is 18.0 Å². The first-order valence-electron chi connectivity index (χ1n) is 7.72. The minimum Gasteiger partial charge on any atom is -0.352 e. The predicted octanol–water partition coefficient (Wildman–Crippen LogP) is 3.91. The van der Waals surface area contributed by atoms with Crippen LogP contribution in [0.4, 0.5) is 24.5 Å². The number of pyridine rings is 1. The number of hydrogen-bond acceptors (Lipinski definition) is 3. The number of carbonyl (C=O) groups excluding carboxylic acids is 1. The van der Waals surface area contributed by atoms with Gasteiger partial charge in [-0.2, -0.15) is 0 Å². The van der Waals surface area contributed by atoms with Crippen LogP contribution >= 0.6 is 0 Å². The number of anilines is 2. The summed E-state index contributed by atoms with van der Waals surface area (Å²) < 4.78 is 39.7. The first kappa shape index (κ1) is 16.3. The zero-order chi connectivity index (χ0) is 17.1. The van der Waals surface area contributed by atoms with Crippen LogP contribution in [0.2, 0.25) is 0 Å². The van der Waals surface area contributed by atoms with Crippen LogP contribution in [0.15, 0.2) is 30.5 Å². The van der Waals surface area contributed by atoms with Crippen LogP contribution in [0, 0.1) is 17.5 Å². The SMILES string of the molecule is O=C(NC1CCCC1)c1ccc(Nc2ccc(F)c(F)c2F)cn1. The lowest BCUT2D eigenvalue weighted by atomic mass is 10.2. The minimum absolute atomic E-state index is 0.188. The van der Waals surface area contributed by atoms with Gasteiger partial charge in [0.1, 0.15) is 5.69 Å². The fraction of sp³-hybridized carbons (Fsp3) is 0.294. The summed E-state index contributed by atoms with van der Waals surface area (Å²) in [6.45, 7) is 0. The van der Waals surface area contributed by atoms with Crippen molar-refractivity contribution < 1.29 is 18.0 Å². The molecule has 0 saturated heterocycles. The molecular formula is C17H16F3N3O. The first-order valence-corrected chi connectivity index (χ1v) is 7.72. The maximum absolute atomic E-state index is 13.6. The molecule has 1 saturated carbocycles. The fourth-order valence-corrected chi connectivity index (χ4v) is 2.71. The van der Waals surface area contributed by atoms with Crippen LogP contribution in [0.25, 0.3) is 0 Å². The largest absolute Gasteiger partial charge is 0.352 e. The van der Waals surface area contributed by atoms with Crippen molar-refractivity contribution in [1.29, 1.82) is 0 Å². The zero-order valence-corrected chi connectivity index (χ0v) is 12.8. The molecule has 1 aliphatic rings. The Morgan fingerprint density at radius 2 is 1.79 bits per heavy atom. The molecule has 3 rings (SSSR count). The van der Waals surface area contributed by atoms with Crippen LogP contribution < -0.4 is 10.6 Å². The van der Waals surface area contributed by atoms with E-state index in [1.54, 1.807) is 0 Å². The molecule has 0 unspecified atom stereocenters. The lowest BCUT2D eigenvalue weighted by molar-refractivity contribution is 0.0933. The van der Waals surface area contributed by atoms with Gasteiger partial charge < -0.3 is 10.6 Å². The molecule has 24 heavy (non-hydrogen) atoms. The van der Waals surface area contributed by atoms with Gasteiger partial charge in [0.05, 0.1) is 17.6 Å². The fourth-order valence-electron chi connectivity index (χ4n) is 2.71. The summed E-state index contributed by atoms with van der Waals surface area (Å²) in [5, 5.41) is 5.52. The Labute approximate surface area is 137 Å². The number of benzene rings is 1. The second kappa shape index (κ2) is 6.90. The van der Waals surface area contributed by atoms with E-state index in [0.29, 0.717) is 5.69 Å². The van der Waals surface area contributed by atoms with Crippen molar-refractivity contribution in [1.82, 2.24) is 10.3 Å². The number of carbonyl (C=O) groups is 1.